The van der Waals surface area contributed by atoms with Crippen molar-refractivity contribution in [1.29, 1.82) is 0 Å². The fourth-order valence-electron chi connectivity index (χ4n) is 1.93. The fourth-order valence-corrected chi connectivity index (χ4v) is 1.93. The average molecular weight is 302 g/mol. The number of rotatable bonds is 2. The van der Waals surface area contributed by atoms with Gasteiger partial charge in [-0.1, -0.05) is 0 Å². The Morgan fingerprint density at radius 2 is 1.30 bits per heavy atom. The van der Waals surface area contributed by atoms with Crippen molar-refractivity contribution in [1.82, 2.24) is 0 Å². The van der Waals surface area contributed by atoms with Gasteiger partial charge in [0.05, 0.1) is 0 Å². The molecule has 8 heteroatoms. The van der Waals surface area contributed by atoms with Crippen molar-refractivity contribution in [3.8, 4) is 0 Å². The summed E-state index contributed by atoms with van der Waals surface area (Å²) in [6, 6.07) is 1.42. The molecule has 0 saturated carbocycles. The number of hydrogen-bond acceptors (Lipinski definition) is 1. The van der Waals surface area contributed by atoms with Crippen LogP contribution in [0.25, 0.3) is 0 Å². The zero-order valence-electron chi connectivity index (χ0n) is 10.3. The van der Waals surface area contributed by atoms with Gasteiger partial charge in [0, 0.05) is 5.56 Å². The van der Waals surface area contributed by atoms with Gasteiger partial charge in [-0.05, 0) is 37.1 Å². The van der Waals surface area contributed by atoms with Gasteiger partial charge >= 0.3 is 12.4 Å². The molecule has 0 N–H and O–H groups in total. The molecule has 0 atom stereocenters. The second kappa shape index (κ2) is 5.06. The third-order valence-corrected chi connectivity index (χ3v) is 2.66. The molecule has 1 nitrogen and oxygen atoms in total. The monoisotopic (exact) mass is 302 g/mol. The van der Waals surface area contributed by atoms with Crippen LogP contribution < -0.4 is 0 Å². The Morgan fingerprint density at radius 1 is 0.950 bits per heavy atom. The van der Waals surface area contributed by atoms with Crippen LogP contribution in [-0.4, -0.2) is 18.1 Å². The summed E-state index contributed by atoms with van der Waals surface area (Å²) in [6.45, 7) is 2.15. The largest absolute Gasteiger partial charge is 0.407 e. The Bertz CT molecular complexity index is 491. The van der Waals surface area contributed by atoms with Gasteiger partial charge in [-0.25, -0.2) is 4.39 Å². The van der Waals surface area contributed by atoms with Gasteiger partial charge in [0.1, 0.15) is 5.82 Å². The number of benzene rings is 1. The van der Waals surface area contributed by atoms with Crippen molar-refractivity contribution in [2.24, 2.45) is 5.92 Å². The van der Waals surface area contributed by atoms with E-state index in [9.17, 15) is 35.5 Å². The lowest BCUT2D eigenvalue weighted by atomic mass is 9.90. The molecule has 0 saturated heterocycles. The first-order valence-electron chi connectivity index (χ1n) is 5.30. The number of carbonyl (C=O) groups is 1. The van der Waals surface area contributed by atoms with Crippen LogP contribution in [0, 0.1) is 25.6 Å². The summed E-state index contributed by atoms with van der Waals surface area (Å²) >= 11 is 0. The molecule has 0 unspecified atom stereocenters. The van der Waals surface area contributed by atoms with Crippen molar-refractivity contribution >= 4 is 5.78 Å². The van der Waals surface area contributed by atoms with E-state index in [1.165, 1.54) is 0 Å². The summed E-state index contributed by atoms with van der Waals surface area (Å²) in [4.78, 5) is 11.6. The van der Waals surface area contributed by atoms with Crippen LogP contribution in [0.3, 0.4) is 0 Å². The van der Waals surface area contributed by atoms with E-state index in [4.69, 9.17) is 0 Å². The smallest absolute Gasteiger partial charge is 0.293 e. The Labute approximate surface area is 109 Å². The van der Waals surface area contributed by atoms with Crippen molar-refractivity contribution in [3.05, 3.63) is 34.6 Å². The molecule has 0 aliphatic heterocycles. The second-order valence-corrected chi connectivity index (χ2v) is 4.30. The van der Waals surface area contributed by atoms with Gasteiger partial charge in [-0.3, -0.25) is 4.79 Å². The van der Waals surface area contributed by atoms with Crippen molar-refractivity contribution in [3.63, 3.8) is 0 Å². The molecule has 20 heavy (non-hydrogen) atoms. The van der Waals surface area contributed by atoms with E-state index in [1.807, 2.05) is 0 Å². The molecular weight excluding hydrogens is 293 g/mol. The molecule has 112 valence electrons. The first-order valence-corrected chi connectivity index (χ1v) is 5.30. The first-order chi connectivity index (χ1) is 8.85. The standard InChI is InChI=1S/C12H9F7O/c1-5-3-7(13)4-6(2)8(5)9(20)10(11(14,15)16)12(17,18)19/h3-4,10H,1-2H3. The van der Waals surface area contributed by atoms with Crippen LogP contribution in [-0.2, 0) is 0 Å². The predicted octanol–water partition coefficient (Wildman–Crippen LogP) is 4.37. The van der Waals surface area contributed by atoms with Crippen molar-refractivity contribution < 1.29 is 35.5 Å². The summed E-state index contributed by atoms with van der Waals surface area (Å²) in [5.41, 5.74) is -1.30. The summed E-state index contributed by atoms with van der Waals surface area (Å²) in [5.74, 6) is -7.08. The molecule has 0 aromatic heterocycles. The Morgan fingerprint density at radius 3 is 1.60 bits per heavy atom. The Hall–Kier alpha value is -1.60. The zero-order valence-corrected chi connectivity index (χ0v) is 10.3. The minimum atomic E-state index is -5.76. The van der Waals surface area contributed by atoms with Gasteiger partial charge in [-0.2, -0.15) is 26.3 Å². The molecule has 1 rings (SSSR count). The molecule has 0 radical (unpaired) electrons. The van der Waals surface area contributed by atoms with Gasteiger partial charge < -0.3 is 0 Å². The molecule has 0 heterocycles. The molecule has 1 aromatic carbocycles. The van der Waals surface area contributed by atoms with Crippen LogP contribution in [0.1, 0.15) is 21.5 Å². The summed E-state index contributed by atoms with van der Waals surface area (Å²) in [5, 5.41) is 0. The van der Waals surface area contributed by atoms with E-state index < -0.39 is 35.4 Å². The number of Topliss-reactive ketones (excluding diaryl/α,β-unsaturated/α-hetero) is 1. The summed E-state index contributed by atoms with van der Waals surface area (Å²) < 4.78 is 87.9. The maximum Gasteiger partial charge on any atom is 0.407 e. The van der Waals surface area contributed by atoms with Crippen LogP contribution in [0.4, 0.5) is 30.7 Å². The lowest BCUT2D eigenvalue weighted by molar-refractivity contribution is -0.264. The summed E-state index contributed by atoms with van der Waals surface area (Å²) in [6.07, 6.45) is -11.5. The van der Waals surface area contributed by atoms with Crippen LogP contribution >= 0.6 is 0 Å². The SMILES string of the molecule is Cc1cc(F)cc(C)c1C(=O)C(C(F)(F)F)C(F)(F)F. The van der Waals surface area contributed by atoms with E-state index in [-0.39, 0.29) is 11.1 Å². The molecule has 0 aliphatic carbocycles. The number of aryl methyl sites for hydroxylation is 2. The predicted molar refractivity (Wildman–Crippen MR) is 55.8 cm³/mol. The topological polar surface area (TPSA) is 17.1 Å². The van der Waals surface area contributed by atoms with Crippen LogP contribution in [0.5, 0.6) is 0 Å². The molecule has 0 spiro atoms. The van der Waals surface area contributed by atoms with Crippen molar-refractivity contribution in [2.75, 3.05) is 0 Å². The van der Waals surface area contributed by atoms with E-state index in [1.54, 1.807) is 0 Å². The average Bonchev–Trinajstić information content (AvgIpc) is 2.09. The maximum atomic E-state index is 13.0. The number of ketones is 1. The molecule has 1 aromatic rings. The van der Waals surface area contributed by atoms with Gasteiger partial charge in [0.2, 0.25) is 5.92 Å². The minimum Gasteiger partial charge on any atom is -0.293 e. The normalized spacial score (nSPS) is 12.9. The lowest BCUT2D eigenvalue weighted by Crippen LogP contribution is -2.42. The highest BCUT2D eigenvalue weighted by molar-refractivity contribution is 6.01. The van der Waals surface area contributed by atoms with Gasteiger partial charge in [0.15, 0.2) is 5.78 Å². The van der Waals surface area contributed by atoms with Crippen LogP contribution in [0.15, 0.2) is 12.1 Å². The Balaban J connectivity index is 3.42. The minimum absolute atomic E-state index is 0.272. The van der Waals surface area contributed by atoms with E-state index >= 15 is 0 Å². The Kier molecular flexibility index (Phi) is 4.17. The third kappa shape index (κ3) is 3.29. The van der Waals surface area contributed by atoms with Crippen molar-refractivity contribution in [2.45, 2.75) is 26.2 Å². The number of halogens is 7. The summed E-state index contributed by atoms with van der Waals surface area (Å²) in [7, 11) is 0. The van der Waals surface area contributed by atoms with Gasteiger partial charge in [-0.15, -0.1) is 0 Å². The maximum absolute atomic E-state index is 13.0. The van der Waals surface area contributed by atoms with E-state index in [0.29, 0.717) is 12.1 Å². The molecule has 0 aliphatic rings. The molecular formula is C12H9F7O. The number of alkyl halides is 6. The first kappa shape index (κ1) is 16.5. The van der Waals surface area contributed by atoms with E-state index in [0.717, 1.165) is 13.8 Å². The third-order valence-electron chi connectivity index (χ3n) is 2.66. The molecule has 0 amide bonds. The lowest BCUT2D eigenvalue weighted by Gasteiger charge is -2.23. The number of hydrogen-bond donors (Lipinski definition) is 0. The zero-order chi connectivity index (χ0) is 15.9. The second-order valence-electron chi connectivity index (χ2n) is 4.30. The van der Waals surface area contributed by atoms with E-state index in [2.05, 4.69) is 0 Å². The molecule has 0 fully saturated rings. The quantitative estimate of drug-likeness (QED) is 0.586. The van der Waals surface area contributed by atoms with Crippen LogP contribution in [0.2, 0.25) is 0 Å². The highest BCUT2D eigenvalue weighted by Gasteiger charge is 2.61. The molecule has 0 bridgehead atoms. The fraction of sp³-hybridized carbons (Fsp3) is 0.417. The highest BCUT2D eigenvalue weighted by atomic mass is 19.4. The van der Waals surface area contributed by atoms with Gasteiger partial charge in [0.25, 0.3) is 0 Å². The highest BCUT2D eigenvalue weighted by Crippen LogP contribution is 2.42. The number of carbonyl (C=O) groups excluding carboxylic acids is 1.